The van der Waals surface area contributed by atoms with E-state index in [-0.39, 0.29) is 13.2 Å². The van der Waals surface area contributed by atoms with Gasteiger partial charge in [-0.2, -0.15) is 13.2 Å². The van der Waals surface area contributed by atoms with E-state index in [1.807, 2.05) is 0 Å². The van der Waals surface area contributed by atoms with Gasteiger partial charge < -0.3 is 15.2 Å². The second-order valence-electron chi connectivity index (χ2n) is 3.10. The highest BCUT2D eigenvalue weighted by molar-refractivity contribution is 5.71. The number of ether oxygens (including phenoxy) is 1. The minimum atomic E-state index is -4.84. The summed E-state index contributed by atoms with van der Waals surface area (Å²) in [6.07, 6.45) is -7.49. The Morgan fingerprint density at radius 2 is 1.94 bits per heavy atom. The molecule has 0 saturated heterocycles. The fourth-order valence-corrected chi connectivity index (χ4v) is 0.906. The van der Waals surface area contributed by atoms with E-state index in [2.05, 4.69) is 10.1 Å². The summed E-state index contributed by atoms with van der Waals surface area (Å²) in [4.78, 5) is 10.3. The van der Waals surface area contributed by atoms with Gasteiger partial charge in [-0.25, -0.2) is 8.78 Å². The van der Waals surface area contributed by atoms with Crippen LogP contribution in [0.2, 0.25) is 0 Å². The predicted octanol–water partition coefficient (Wildman–Crippen LogP) is 1.12. The average molecular weight is 265 g/mol. The van der Waals surface area contributed by atoms with Crippen LogP contribution in [0.1, 0.15) is 0 Å². The molecule has 0 bridgehead atoms. The number of hydrogen-bond donors (Lipinski definition) is 2. The quantitative estimate of drug-likeness (QED) is 0.510. The maximum Gasteiger partial charge on any atom is 0.403 e. The molecule has 0 heterocycles. The van der Waals surface area contributed by atoms with Gasteiger partial charge in [0.15, 0.2) is 5.92 Å². The van der Waals surface area contributed by atoms with E-state index in [1.165, 1.54) is 0 Å². The molecular formula is C8H12F5NO3. The second kappa shape index (κ2) is 7.38. The Morgan fingerprint density at radius 1 is 1.35 bits per heavy atom. The van der Waals surface area contributed by atoms with Crippen LogP contribution in [0.3, 0.4) is 0 Å². The largest absolute Gasteiger partial charge is 0.481 e. The van der Waals surface area contributed by atoms with Gasteiger partial charge in [0.05, 0.1) is 6.61 Å². The Kier molecular flexibility index (Phi) is 6.97. The van der Waals surface area contributed by atoms with Crippen LogP contribution in [-0.2, 0) is 9.53 Å². The molecule has 0 aliphatic carbocycles. The molecule has 0 aromatic rings. The minimum absolute atomic E-state index is 0.132. The van der Waals surface area contributed by atoms with Crippen molar-refractivity contribution in [2.24, 2.45) is 5.92 Å². The molecule has 0 aromatic heterocycles. The van der Waals surface area contributed by atoms with Crippen molar-refractivity contribution < 1.29 is 36.6 Å². The topological polar surface area (TPSA) is 58.6 Å². The molecule has 102 valence electrons. The maximum atomic E-state index is 12.1. The summed E-state index contributed by atoms with van der Waals surface area (Å²) < 4.78 is 63.8. The van der Waals surface area contributed by atoms with Gasteiger partial charge >= 0.3 is 12.1 Å². The number of carbonyl (C=O) groups is 1. The van der Waals surface area contributed by atoms with Crippen molar-refractivity contribution in [1.82, 2.24) is 5.32 Å². The molecule has 4 nitrogen and oxygen atoms in total. The highest BCUT2D eigenvalue weighted by Crippen LogP contribution is 2.25. The highest BCUT2D eigenvalue weighted by Gasteiger charge is 2.44. The third-order valence-electron chi connectivity index (χ3n) is 1.71. The lowest BCUT2D eigenvalue weighted by molar-refractivity contribution is -0.192. The van der Waals surface area contributed by atoms with E-state index in [1.54, 1.807) is 0 Å². The number of rotatable bonds is 8. The Bertz CT molecular complexity index is 234. The van der Waals surface area contributed by atoms with Crippen molar-refractivity contribution in [3.63, 3.8) is 0 Å². The Labute approximate surface area is 93.7 Å². The van der Waals surface area contributed by atoms with Gasteiger partial charge in [0, 0.05) is 13.1 Å². The van der Waals surface area contributed by atoms with Crippen molar-refractivity contribution in [1.29, 1.82) is 0 Å². The number of nitrogens with one attached hydrogen (secondary N) is 1. The van der Waals surface area contributed by atoms with Crippen LogP contribution in [0.4, 0.5) is 22.0 Å². The van der Waals surface area contributed by atoms with E-state index < -0.39 is 37.6 Å². The summed E-state index contributed by atoms with van der Waals surface area (Å²) in [5.74, 6) is -4.50. The molecule has 1 unspecified atom stereocenters. The summed E-state index contributed by atoms with van der Waals surface area (Å²) in [6.45, 7) is -1.97. The molecule has 2 N–H and O–H groups in total. The van der Waals surface area contributed by atoms with Crippen LogP contribution >= 0.6 is 0 Å². The van der Waals surface area contributed by atoms with E-state index >= 15 is 0 Å². The maximum absolute atomic E-state index is 12.1. The van der Waals surface area contributed by atoms with Crippen molar-refractivity contribution in [2.45, 2.75) is 12.6 Å². The number of carboxylic acid groups (broad SMARTS) is 1. The zero-order valence-electron chi connectivity index (χ0n) is 8.64. The first-order valence-corrected chi connectivity index (χ1v) is 4.61. The number of carboxylic acids is 1. The average Bonchev–Trinajstić information content (AvgIpc) is 2.13. The number of halogens is 5. The molecule has 0 aromatic carbocycles. The van der Waals surface area contributed by atoms with Gasteiger partial charge in [-0.1, -0.05) is 0 Å². The van der Waals surface area contributed by atoms with Crippen molar-refractivity contribution in [3.8, 4) is 0 Å². The molecule has 0 saturated carbocycles. The molecule has 0 spiro atoms. The smallest absolute Gasteiger partial charge is 0.403 e. The van der Waals surface area contributed by atoms with E-state index in [4.69, 9.17) is 5.11 Å². The summed E-state index contributed by atoms with van der Waals surface area (Å²) >= 11 is 0. The van der Waals surface area contributed by atoms with E-state index in [0.717, 1.165) is 0 Å². The van der Waals surface area contributed by atoms with Gasteiger partial charge in [-0.05, 0) is 0 Å². The summed E-state index contributed by atoms with van der Waals surface area (Å²) in [5.41, 5.74) is 0. The normalized spacial score (nSPS) is 14.0. The summed E-state index contributed by atoms with van der Waals surface area (Å²) in [7, 11) is 0. The fraction of sp³-hybridized carbons (Fsp3) is 0.875. The van der Waals surface area contributed by atoms with Gasteiger partial charge in [0.25, 0.3) is 6.43 Å². The summed E-state index contributed by atoms with van der Waals surface area (Å²) in [6, 6.07) is 0. The van der Waals surface area contributed by atoms with Crippen molar-refractivity contribution in [2.75, 3.05) is 26.3 Å². The second-order valence-corrected chi connectivity index (χ2v) is 3.10. The van der Waals surface area contributed by atoms with Crippen LogP contribution < -0.4 is 5.32 Å². The molecule has 0 radical (unpaired) electrons. The van der Waals surface area contributed by atoms with Crippen molar-refractivity contribution in [3.05, 3.63) is 0 Å². The molecular weight excluding hydrogens is 253 g/mol. The molecule has 0 aliphatic heterocycles. The number of alkyl halides is 5. The van der Waals surface area contributed by atoms with E-state index in [0.29, 0.717) is 0 Å². The molecule has 9 heteroatoms. The Balaban J connectivity index is 3.74. The lowest BCUT2D eigenvalue weighted by Gasteiger charge is -2.16. The van der Waals surface area contributed by atoms with Crippen LogP contribution in [0.5, 0.6) is 0 Å². The molecule has 0 rings (SSSR count). The highest BCUT2D eigenvalue weighted by atomic mass is 19.4. The number of hydrogen-bond acceptors (Lipinski definition) is 3. The first kappa shape index (κ1) is 16.0. The van der Waals surface area contributed by atoms with Crippen LogP contribution in [-0.4, -0.2) is 50.0 Å². The van der Waals surface area contributed by atoms with Crippen LogP contribution in [0.15, 0.2) is 0 Å². The monoisotopic (exact) mass is 265 g/mol. The van der Waals surface area contributed by atoms with Gasteiger partial charge in [0.1, 0.15) is 6.61 Å². The molecule has 0 amide bonds. The Morgan fingerprint density at radius 3 is 2.35 bits per heavy atom. The third kappa shape index (κ3) is 7.86. The lowest BCUT2D eigenvalue weighted by Crippen LogP contribution is -2.40. The Hall–Kier alpha value is -0.960. The zero-order chi connectivity index (χ0) is 13.5. The van der Waals surface area contributed by atoms with E-state index in [9.17, 15) is 26.7 Å². The van der Waals surface area contributed by atoms with Crippen LogP contribution in [0, 0.1) is 5.92 Å². The van der Waals surface area contributed by atoms with Crippen LogP contribution in [0.25, 0.3) is 0 Å². The third-order valence-corrected chi connectivity index (χ3v) is 1.71. The SMILES string of the molecule is O=C(O)C(CNCCOCC(F)F)C(F)(F)F. The predicted molar refractivity (Wildman–Crippen MR) is 46.9 cm³/mol. The summed E-state index contributed by atoms with van der Waals surface area (Å²) in [5, 5.41) is 10.5. The minimum Gasteiger partial charge on any atom is -0.481 e. The zero-order valence-corrected chi connectivity index (χ0v) is 8.64. The molecule has 0 aliphatic rings. The standard InChI is InChI=1S/C8H12F5NO3/c9-6(10)4-17-2-1-14-3-5(7(15)16)8(11,12)13/h5-6,14H,1-4H2,(H,15,16). The number of aliphatic carboxylic acids is 1. The van der Waals surface area contributed by atoms with Gasteiger partial charge in [-0.15, -0.1) is 0 Å². The van der Waals surface area contributed by atoms with Crippen molar-refractivity contribution >= 4 is 5.97 Å². The molecule has 0 fully saturated rings. The fourth-order valence-electron chi connectivity index (χ4n) is 0.906. The molecule has 17 heavy (non-hydrogen) atoms. The van der Waals surface area contributed by atoms with Gasteiger partial charge in [-0.3, -0.25) is 4.79 Å². The molecule has 1 atom stereocenters. The lowest BCUT2D eigenvalue weighted by atomic mass is 10.1. The van der Waals surface area contributed by atoms with Gasteiger partial charge in [0.2, 0.25) is 0 Å². The first-order valence-electron chi connectivity index (χ1n) is 4.61. The first-order chi connectivity index (χ1) is 7.75.